The number of anilines is 1. The van der Waals surface area contributed by atoms with E-state index < -0.39 is 5.91 Å². The van der Waals surface area contributed by atoms with Crippen molar-refractivity contribution in [2.45, 2.75) is 13.3 Å². The number of rotatable bonds is 12. The molecule has 2 aromatic rings. The molecular weight excluding hydrogens is 446 g/mol. The number of nitrogens with zero attached hydrogens (tertiary/aromatic N) is 1. The quantitative estimate of drug-likeness (QED) is 0.276. The highest BCUT2D eigenvalue weighted by Crippen LogP contribution is 2.29. The number of carbonyl (C=O) groups is 2. The van der Waals surface area contributed by atoms with Gasteiger partial charge in [0.2, 0.25) is 0 Å². The van der Waals surface area contributed by atoms with E-state index in [9.17, 15) is 14.9 Å². The second-order valence-corrected chi connectivity index (χ2v) is 7.11. The zero-order valence-corrected chi connectivity index (χ0v) is 19.3. The molecule has 0 fully saturated rings. The standard InChI is InChI=1S/C24H26ClN3O5/c1-3-32-12-6-11-27-24(30)18(15-26)13-17-9-10-21(22(14-17)31-2)33-16-23(29)28-20-8-5-4-7-19(20)25/h4-5,7-10,13-14H,3,6,11-12,16H2,1-2H3,(H,27,30)(H,28,29)/b18-13+. The molecule has 2 N–H and O–H groups in total. The molecule has 0 saturated carbocycles. The third-order valence-electron chi connectivity index (χ3n) is 4.33. The molecule has 0 aliphatic heterocycles. The lowest BCUT2D eigenvalue weighted by molar-refractivity contribution is -0.118. The molecule has 174 valence electrons. The van der Waals surface area contributed by atoms with Crippen molar-refractivity contribution in [3.63, 3.8) is 0 Å². The molecule has 33 heavy (non-hydrogen) atoms. The fourth-order valence-corrected chi connectivity index (χ4v) is 2.90. The van der Waals surface area contributed by atoms with E-state index in [0.717, 1.165) is 0 Å². The normalized spacial score (nSPS) is 10.8. The first-order chi connectivity index (χ1) is 16.0. The second kappa shape index (κ2) is 13.8. The third-order valence-corrected chi connectivity index (χ3v) is 4.66. The van der Waals surface area contributed by atoms with Crippen molar-refractivity contribution in [3.8, 4) is 17.6 Å². The highest BCUT2D eigenvalue weighted by atomic mass is 35.5. The minimum atomic E-state index is -0.468. The Labute approximate surface area is 198 Å². The van der Waals surface area contributed by atoms with Crippen LogP contribution in [0.2, 0.25) is 5.02 Å². The first-order valence-electron chi connectivity index (χ1n) is 10.3. The van der Waals surface area contributed by atoms with Crippen LogP contribution >= 0.6 is 11.6 Å². The Morgan fingerprint density at radius 3 is 2.67 bits per heavy atom. The smallest absolute Gasteiger partial charge is 0.262 e. The monoisotopic (exact) mass is 471 g/mol. The second-order valence-electron chi connectivity index (χ2n) is 6.70. The molecule has 0 aliphatic rings. The van der Waals surface area contributed by atoms with Crippen molar-refractivity contribution in [2.75, 3.05) is 38.8 Å². The number of ether oxygens (including phenoxy) is 3. The Kier molecular flexibility index (Phi) is 10.7. The van der Waals surface area contributed by atoms with E-state index in [1.807, 2.05) is 13.0 Å². The molecule has 0 aliphatic carbocycles. The summed E-state index contributed by atoms with van der Waals surface area (Å²) in [6.07, 6.45) is 2.11. The Morgan fingerprint density at radius 1 is 1.18 bits per heavy atom. The molecule has 0 unspecified atom stereocenters. The Bertz CT molecular complexity index is 1030. The Morgan fingerprint density at radius 2 is 1.97 bits per heavy atom. The minimum absolute atomic E-state index is 0.0405. The molecule has 0 saturated heterocycles. The van der Waals surface area contributed by atoms with E-state index in [2.05, 4.69) is 10.6 Å². The molecule has 8 nitrogen and oxygen atoms in total. The van der Waals surface area contributed by atoms with Gasteiger partial charge in [-0.1, -0.05) is 29.8 Å². The van der Waals surface area contributed by atoms with Crippen LogP contribution < -0.4 is 20.1 Å². The first kappa shape index (κ1) is 25.7. The number of hydrogen-bond donors (Lipinski definition) is 2. The lowest BCUT2D eigenvalue weighted by Crippen LogP contribution is -2.26. The number of nitrogens with one attached hydrogen (secondary N) is 2. The summed E-state index contributed by atoms with van der Waals surface area (Å²) in [4.78, 5) is 24.4. The fraction of sp³-hybridized carbons (Fsp3) is 0.292. The van der Waals surface area contributed by atoms with Crippen LogP contribution in [0.25, 0.3) is 6.08 Å². The molecule has 2 amide bonds. The van der Waals surface area contributed by atoms with Crippen LogP contribution in [0.4, 0.5) is 5.69 Å². The molecule has 2 aromatic carbocycles. The van der Waals surface area contributed by atoms with Gasteiger partial charge in [-0.15, -0.1) is 0 Å². The zero-order valence-electron chi connectivity index (χ0n) is 18.5. The van der Waals surface area contributed by atoms with Crippen molar-refractivity contribution in [1.29, 1.82) is 5.26 Å². The maximum absolute atomic E-state index is 12.2. The van der Waals surface area contributed by atoms with Crippen LogP contribution in [-0.4, -0.2) is 45.3 Å². The van der Waals surface area contributed by atoms with Gasteiger partial charge in [-0.05, 0) is 49.2 Å². The summed E-state index contributed by atoms with van der Waals surface area (Å²) in [7, 11) is 1.45. The van der Waals surface area contributed by atoms with Crippen LogP contribution in [0.1, 0.15) is 18.9 Å². The van der Waals surface area contributed by atoms with Gasteiger partial charge in [0.15, 0.2) is 18.1 Å². The molecule has 0 heterocycles. The molecule has 0 aromatic heterocycles. The van der Waals surface area contributed by atoms with Gasteiger partial charge in [0.25, 0.3) is 11.8 Å². The Hall–Kier alpha value is -3.54. The van der Waals surface area contributed by atoms with Crippen molar-refractivity contribution in [2.24, 2.45) is 0 Å². The zero-order chi connectivity index (χ0) is 24.1. The van der Waals surface area contributed by atoms with E-state index >= 15 is 0 Å². The molecule has 0 atom stereocenters. The number of methoxy groups -OCH3 is 1. The lowest BCUT2D eigenvalue weighted by Gasteiger charge is -2.12. The number of hydrogen-bond acceptors (Lipinski definition) is 6. The topological polar surface area (TPSA) is 110 Å². The predicted octanol–water partition coefficient (Wildman–Crippen LogP) is 3.82. The van der Waals surface area contributed by atoms with E-state index in [1.165, 1.54) is 13.2 Å². The van der Waals surface area contributed by atoms with E-state index in [4.69, 9.17) is 25.8 Å². The summed E-state index contributed by atoms with van der Waals surface area (Å²) < 4.78 is 16.1. The number of amides is 2. The third kappa shape index (κ3) is 8.48. The van der Waals surface area contributed by atoms with Crippen LogP contribution in [0.5, 0.6) is 11.5 Å². The van der Waals surface area contributed by atoms with Gasteiger partial charge in [-0.25, -0.2) is 0 Å². The van der Waals surface area contributed by atoms with Gasteiger partial charge >= 0.3 is 0 Å². The van der Waals surface area contributed by atoms with Crippen LogP contribution in [0, 0.1) is 11.3 Å². The van der Waals surface area contributed by atoms with Crippen LogP contribution in [0.15, 0.2) is 48.0 Å². The van der Waals surface area contributed by atoms with Crippen molar-refractivity contribution < 1.29 is 23.8 Å². The predicted molar refractivity (Wildman–Crippen MR) is 126 cm³/mol. The average Bonchev–Trinajstić information content (AvgIpc) is 2.82. The largest absolute Gasteiger partial charge is 0.493 e. The van der Waals surface area contributed by atoms with Crippen LogP contribution in [0.3, 0.4) is 0 Å². The highest BCUT2D eigenvalue weighted by Gasteiger charge is 2.12. The lowest BCUT2D eigenvalue weighted by atomic mass is 10.1. The van der Waals surface area contributed by atoms with Gasteiger partial charge in [0.1, 0.15) is 11.6 Å². The van der Waals surface area contributed by atoms with Gasteiger partial charge in [-0.3, -0.25) is 9.59 Å². The number of benzene rings is 2. The molecule has 0 radical (unpaired) electrons. The fourth-order valence-electron chi connectivity index (χ4n) is 2.72. The summed E-state index contributed by atoms with van der Waals surface area (Å²) >= 11 is 6.04. The Balaban J connectivity index is 1.99. The molecule has 0 spiro atoms. The van der Waals surface area contributed by atoms with Gasteiger partial charge in [0.05, 0.1) is 17.8 Å². The average molecular weight is 472 g/mol. The molecule has 9 heteroatoms. The highest BCUT2D eigenvalue weighted by molar-refractivity contribution is 6.33. The van der Waals surface area contributed by atoms with Crippen molar-refractivity contribution >= 4 is 35.2 Å². The molecular formula is C24H26ClN3O5. The molecule has 0 bridgehead atoms. The van der Waals surface area contributed by atoms with Crippen molar-refractivity contribution in [1.82, 2.24) is 5.32 Å². The number of para-hydroxylation sites is 1. The number of carbonyl (C=O) groups excluding carboxylic acids is 2. The summed E-state index contributed by atoms with van der Waals surface area (Å²) in [5.41, 5.74) is 1.02. The van der Waals surface area contributed by atoms with Crippen molar-refractivity contribution in [3.05, 3.63) is 58.6 Å². The van der Waals surface area contributed by atoms with E-state index in [-0.39, 0.29) is 18.1 Å². The number of nitriles is 1. The van der Waals surface area contributed by atoms with Gasteiger partial charge < -0.3 is 24.8 Å². The summed E-state index contributed by atoms with van der Waals surface area (Å²) in [5.74, 6) is -0.169. The van der Waals surface area contributed by atoms with E-state index in [0.29, 0.717) is 54.0 Å². The van der Waals surface area contributed by atoms with Gasteiger partial charge in [0, 0.05) is 19.8 Å². The summed E-state index contributed by atoms with van der Waals surface area (Å²) in [6, 6.07) is 13.6. The van der Waals surface area contributed by atoms with E-state index in [1.54, 1.807) is 42.5 Å². The minimum Gasteiger partial charge on any atom is -0.493 e. The summed E-state index contributed by atoms with van der Waals surface area (Å²) in [5, 5.41) is 15.1. The number of halogens is 1. The first-order valence-corrected chi connectivity index (χ1v) is 10.7. The van der Waals surface area contributed by atoms with Crippen LogP contribution in [-0.2, 0) is 14.3 Å². The summed E-state index contributed by atoms with van der Waals surface area (Å²) in [6.45, 7) is 3.20. The SMILES string of the molecule is CCOCCCNC(=O)/C(C#N)=C/c1ccc(OCC(=O)Nc2ccccc2Cl)c(OC)c1. The van der Waals surface area contributed by atoms with Gasteiger partial charge in [-0.2, -0.15) is 5.26 Å². The maximum atomic E-state index is 12.2. The maximum Gasteiger partial charge on any atom is 0.262 e. The molecule has 2 rings (SSSR count).